The fourth-order valence-electron chi connectivity index (χ4n) is 1.80. The summed E-state index contributed by atoms with van der Waals surface area (Å²) in [5, 5.41) is 5.33. The summed E-state index contributed by atoms with van der Waals surface area (Å²) in [6.45, 7) is 1.92. The Morgan fingerprint density at radius 2 is 2.16 bits per heavy atom. The highest BCUT2D eigenvalue weighted by Crippen LogP contribution is 2.23. The molecule has 1 heterocycles. The van der Waals surface area contributed by atoms with Crippen molar-refractivity contribution in [1.82, 2.24) is 5.32 Å². The molecule has 1 aliphatic rings. The van der Waals surface area contributed by atoms with Crippen LogP contribution in [0.3, 0.4) is 0 Å². The summed E-state index contributed by atoms with van der Waals surface area (Å²) < 4.78 is 27.2. The van der Waals surface area contributed by atoms with Crippen molar-refractivity contribution < 1.29 is 13.6 Å². The van der Waals surface area contributed by atoms with Crippen molar-refractivity contribution in [3.8, 4) is 0 Å². The van der Waals surface area contributed by atoms with Gasteiger partial charge in [-0.15, -0.1) is 0 Å². The van der Waals surface area contributed by atoms with Crippen LogP contribution < -0.4 is 16.4 Å². The minimum absolute atomic E-state index is 0.163. The van der Waals surface area contributed by atoms with Crippen LogP contribution in [0.25, 0.3) is 0 Å². The number of carbonyl (C=O) groups is 1. The molecule has 0 aliphatic carbocycles. The zero-order valence-electron chi connectivity index (χ0n) is 10.3. The molecule has 2 rings (SSSR count). The van der Waals surface area contributed by atoms with Gasteiger partial charge >= 0.3 is 0 Å². The van der Waals surface area contributed by atoms with Gasteiger partial charge < -0.3 is 16.4 Å². The summed E-state index contributed by atoms with van der Waals surface area (Å²) in [7, 11) is 0. The number of halogens is 2. The second-order valence-electron chi connectivity index (χ2n) is 4.20. The third-order valence-electron chi connectivity index (χ3n) is 2.70. The van der Waals surface area contributed by atoms with Crippen molar-refractivity contribution in [2.24, 2.45) is 5.73 Å². The quantitative estimate of drug-likeness (QED) is 0.779. The molecule has 1 aliphatic heterocycles. The Bertz CT molecular complexity index is 594. The third kappa shape index (κ3) is 2.73. The number of hydrogen-bond donors (Lipinski definition) is 3. The SMILES string of the molecule is Cc1ccc(NC2=C(C(N)=O)C(F)=CNC2)c(F)c1. The van der Waals surface area contributed by atoms with Crippen molar-refractivity contribution in [2.45, 2.75) is 6.92 Å². The summed E-state index contributed by atoms with van der Waals surface area (Å²) in [5.74, 6) is -2.15. The van der Waals surface area contributed by atoms with Gasteiger partial charge in [-0.1, -0.05) is 6.07 Å². The van der Waals surface area contributed by atoms with E-state index in [9.17, 15) is 13.6 Å². The molecular formula is C13H13F2N3O. The van der Waals surface area contributed by atoms with Gasteiger partial charge in [-0.25, -0.2) is 8.78 Å². The van der Waals surface area contributed by atoms with E-state index in [2.05, 4.69) is 10.6 Å². The number of rotatable bonds is 3. The molecule has 0 radical (unpaired) electrons. The molecular weight excluding hydrogens is 252 g/mol. The smallest absolute Gasteiger partial charge is 0.253 e. The van der Waals surface area contributed by atoms with Crippen molar-refractivity contribution in [3.05, 3.63) is 52.9 Å². The van der Waals surface area contributed by atoms with Gasteiger partial charge in [0, 0.05) is 6.20 Å². The lowest BCUT2D eigenvalue weighted by molar-refractivity contribution is -0.114. The molecule has 0 spiro atoms. The van der Waals surface area contributed by atoms with Gasteiger partial charge in [-0.05, 0) is 24.6 Å². The molecule has 1 amide bonds. The summed E-state index contributed by atoms with van der Waals surface area (Å²) in [6.07, 6.45) is 1.05. The van der Waals surface area contributed by atoms with E-state index in [4.69, 9.17) is 5.73 Å². The van der Waals surface area contributed by atoms with Crippen molar-refractivity contribution in [2.75, 3.05) is 11.9 Å². The van der Waals surface area contributed by atoms with Crippen molar-refractivity contribution in [1.29, 1.82) is 0 Å². The fraction of sp³-hybridized carbons (Fsp3) is 0.154. The lowest BCUT2D eigenvalue weighted by atomic mass is 10.1. The van der Waals surface area contributed by atoms with Crippen LogP contribution in [0.1, 0.15) is 5.56 Å². The Morgan fingerprint density at radius 1 is 1.42 bits per heavy atom. The molecule has 0 fully saturated rings. The average Bonchev–Trinajstić information content (AvgIpc) is 2.32. The lowest BCUT2D eigenvalue weighted by Gasteiger charge is -2.19. The first-order valence-corrected chi connectivity index (χ1v) is 5.64. The van der Waals surface area contributed by atoms with E-state index < -0.39 is 17.6 Å². The Balaban J connectivity index is 2.37. The van der Waals surface area contributed by atoms with Gasteiger partial charge in [-0.2, -0.15) is 0 Å². The minimum atomic E-state index is -0.898. The Morgan fingerprint density at radius 3 is 2.79 bits per heavy atom. The molecule has 1 aromatic carbocycles. The third-order valence-corrected chi connectivity index (χ3v) is 2.70. The van der Waals surface area contributed by atoms with E-state index in [-0.39, 0.29) is 23.5 Å². The van der Waals surface area contributed by atoms with Crippen LogP contribution in [0.2, 0.25) is 0 Å². The number of carbonyl (C=O) groups excluding carboxylic acids is 1. The zero-order valence-corrected chi connectivity index (χ0v) is 10.3. The average molecular weight is 265 g/mol. The van der Waals surface area contributed by atoms with Crippen LogP contribution in [-0.2, 0) is 4.79 Å². The highest BCUT2D eigenvalue weighted by molar-refractivity contribution is 5.97. The van der Waals surface area contributed by atoms with E-state index in [0.29, 0.717) is 0 Å². The van der Waals surface area contributed by atoms with Crippen LogP contribution in [0.4, 0.5) is 14.5 Å². The normalized spacial score (nSPS) is 14.8. The van der Waals surface area contributed by atoms with E-state index in [0.717, 1.165) is 11.8 Å². The number of benzene rings is 1. The number of dihydropyridines is 1. The molecule has 100 valence electrons. The van der Waals surface area contributed by atoms with Crippen molar-refractivity contribution >= 4 is 11.6 Å². The van der Waals surface area contributed by atoms with Gasteiger partial charge in [0.05, 0.1) is 23.5 Å². The Hall–Kier alpha value is -2.37. The molecule has 0 atom stereocenters. The zero-order chi connectivity index (χ0) is 14.0. The Kier molecular flexibility index (Phi) is 3.50. The molecule has 0 bridgehead atoms. The number of anilines is 1. The second-order valence-corrected chi connectivity index (χ2v) is 4.20. The molecule has 0 aromatic heterocycles. The Labute approximate surface area is 109 Å². The maximum Gasteiger partial charge on any atom is 0.253 e. The maximum atomic E-state index is 13.7. The number of primary amides is 1. The second kappa shape index (κ2) is 5.09. The van der Waals surface area contributed by atoms with Crippen LogP contribution in [-0.4, -0.2) is 12.5 Å². The first kappa shape index (κ1) is 13.1. The van der Waals surface area contributed by atoms with Crippen LogP contribution in [0, 0.1) is 12.7 Å². The summed E-state index contributed by atoms with van der Waals surface area (Å²) in [6, 6.07) is 4.57. The molecule has 1 aromatic rings. The summed E-state index contributed by atoms with van der Waals surface area (Å²) in [5.41, 5.74) is 5.99. The van der Waals surface area contributed by atoms with E-state index in [1.54, 1.807) is 13.0 Å². The lowest BCUT2D eigenvalue weighted by Crippen LogP contribution is -2.28. The number of nitrogens with two attached hydrogens (primary N) is 1. The van der Waals surface area contributed by atoms with Gasteiger partial charge in [0.25, 0.3) is 5.91 Å². The van der Waals surface area contributed by atoms with Crippen LogP contribution in [0.15, 0.2) is 41.5 Å². The summed E-state index contributed by atoms with van der Waals surface area (Å²) >= 11 is 0. The van der Waals surface area contributed by atoms with Gasteiger partial charge in [0.2, 0.25) is 0 Å². The highest BCUT2D eigenvalue weighted by atomic mass is 19.1. The van der Waals surface area contributed by atoms with Gasteiger partial charge in [-0.3, -0.25) is 4.79 Å². The topological polar surface area (TPSA) is 67.1 Å². The van der Waals surface area contributed by atoms with Crippen molar-refractivity contribution in [3.63, 3.8) is 0 Å². The molecule has 0 unspecified atom stereocenters. The molecule has 0 saturated carbocycles. The predicted molar refractivity (Wildman–Crippen MR) is 68.2 cm³/mol. The predicted octanol–water partition coefficient (Wildman–Crippen LogP) is 1.70. The van der Waals surface area contributed by atoms with Crippen LogP contribution >= 0.6 is 0 Å². The first-order valence-electron chi connectivity index (χ1n) is 5.64. The largest absolute Gasteiger partial charge is 0.383 e. The molecule has 19 heavy (non-hydrogen) atoms. The standard InChI is InChI=1S/C13H13F2N3O/c1-7-2-3-10(8(14)4-7)18-11-6-17-5-9(15)12(11)13(16)19/h2-5,17-18H,6H2,1H3,(H2,16,19). The fourth-order valence-corrected chi connectivity index (χ4v) is 1.80. The molecule has 0 saturated heterocycles. The maximum absolute atomic E-state index is 13.7. The van der Waals surface area contributed by atoms with E-state index in [1.807, 2.05) is 0 Å². The number of aryl methyl sites for hydroxylation is 1. The van der Waals surface area contributed by atoms with E-state index in [1.165, 1.54) is 12.1 Å². The number of hydrogen-bond acceptors (Lipinski definition) is 3. The minimum Gasteiger partial charge on any atom is -0.383 e. The monoisotopic (exact) mass is 265 g/mol. The molecule has 4 N–H and O–H groups in total. The first-order chi connectivity index (χ1) is 8.99. The van der Waals surface area contributed by atoms with E-state index >= 15 is 0 Å². The highest BCUT2D eigenvalue weighted by Gasteiger charge is 2.21. The van der Waals surface area contributed by atoms with Gasteiger partial charge in [0.15, 0.2) is 5.83 Å². The molecule has 6 heteroatoms. The molecule has 4 nitrogen and oxygen atoms in total. The van der Waals surface area contributed by atoms with Crippen LogP contribution in [0.5, 0.6) is 0 Å². The number of amides is 1. The number of nitrogens with one attached hydrogen (secondary N) is 2. The van der Waals surface area contributed by atoms with Gasteiger partial charge in [0.1, 0.15) is 5.82 Å². The summed E-state index contributed by atoms with van der Waals surface area (Å²) in [4.78, 5) is 11.2.